The van der Waals surface area contributed by atoms with Crippen molar-refractivity contribution in [2.75, 3.05) is 11.9 Å². The highest BCUT2D eigenvalue weighted by Crippen LogP contribution is 2.43. The minimum absolute atomic E-state index is 0.116. The summed E-state index contributed by atoms with van der Waals surface area (Å²) in [5.74, 6) is -0.128. The number of hydrogen-bond acceptors (Lipinski definition) is 7. The van der Waals surface area contributed by atoms with Gasteiger partial charge in [0.05, 0.1) is 12.1 Å². The molecule has 10 nitrogen and oxygen atoms in total. The third-order valence-corrected chi connectivity index (χ3v) is 6.71. The van der Waals surface area contributed by atoms with Crippen molar-refractivity contribution >= 4 is 23.1 Å². The zero-order valence-corrected chi connectivity index (χ0v) is 20.1. The smallest absolute Gasteiger partial charge is 0.274 e. The van der Waals surface area contributed by atoms with Crippen LogP contribution in [0.25, 0.3) is 17.0 Å². The van der Waals surface area contributed by atoms with Gasteiger partial charge in [-0.2, -0.15) is 4.98 Å². The number of halogens is 1. The van der Waals surface area contributed by atoms with Crippen molar-refractivity contribution in [3.8, 4) is 11.4 Å². The van der Waals surface area contributed by atoms with Crippen LogP contribution in [0.3, 0.4) is 0 Å². The molecule has 0 spiro atoms. The van der Waals surface area contributed by atoms with E-state index in [1.807, 2.05) is 31.2 Å². The first-order chi connectivity index (χ1) is 18.0. The van der Waals surface area contributed by atoms with Gasteiger partial charge in [0.15, 0.2) is 0 Å². The number of nitrogens with one attached hydrogen (secondary N) is 2. The summed E-state index contributed by atoms with van der Waals surface area (Å²) in [6.45, 7) is 2.84. The SMILES string of the molecule is Cc1ccc(-c2noc([C@H]3C[C@@H]3F)n2)cc1NC(=O)c1cnc2cc(CNC(=O)C3CCCO3)ccn12. The molecule has 2 amide bonds. The summed E-state index contributed by atoms with van der Waals surface area (Å²) in [5.41, 5.74) is 3.91. The third kappa shape index (κ3) is 4.69. The summed E-state index contributed by atoms with van der Waals surface area (Å²) >= 11 is 0. The number of amides is 2. The highest BCUT2D eigenvalue weighted by molar-refractivity contribution is 6.04. The summed E-state index contributed by atoms with van der Waals surface area (Å²) in [5, 5.41) is 9.79. The molecule has 0 bridgehead atoms. The van der Waals surface area contributed by atoms with Crippen LogP contribution in [0.15, 0.2) is 47.2 Å². The Hall–Kier alpha value is -4.12. The molecule has 1 aliphatic carbocycles. The quantitative estimate of drug-likeness (QED) is 0.394. The molecule has 2 fully saturated rings. The van der Waals surface area contributed by atoms with E-state index in [1.165, 1.54) is 6.20 Å². The van der Waals surface area contributed by atoms with Crippen molar-refractivity contribution in [1.82, 2.24) is 24.8 Å². The lowest BCUT2D eigenvalue weighted by Gasteiger charge is -2.11. The number of imidazole rings is 1. The lowest BCUT2D eigenvalue weighted by Crippen LogP contribution is -2.33. The zero-order valence-electron chi connectivity index (χ0n) is 20.1. The van der Waals surface area contributed by atoms with Crippen molar-refractivity contribution in [2.45, 2.75) is 50.9 Å². The fourth-order valence-electron chi connectivity index (χ4n) is 4.39. The van der Waals surface area contributed by atoms with Gasteiger partial charge in [-0.3, -0.25) is 14.0 Å². The van der Waals surface area contributed by atoms with Crippen LogP contribution in [0.2, 0.25) is 0 Å². The van der Waals surface area contributed by atoms with Gasteiger partial charge >= 0.3 is 0 Å². The van der Waals surface area contributed by atoms with E-state index < -0.39 is 6.17 Å². The van der Waals surface area contributed by atoms with Gasteiger partial charge < -0.3 is 19.9 Å². The first-order valence-electron chi connectivity index (χ1n) is 12.2. The first-order valence-corrected chi connectivity index (χ1v) is 12.2. The molecule has 4 aromatic rings. The van der Waals surface area contributed by atoms with Gasteiger partial charge in [-0.25, -0.2) is 9.37 Å². The molecule has 1 unspecified atom stereocenters. The molecular weight excluding hydrogens is 479 g/mol. The maximum absolute atomic E-state index is 13.3. The number of carbonyl (C=O) groups is 2. The molecule has 3 atom stereocenters. The molecule has 0 radical (unpaired) electrons. The summed E-state index contributed by atoms with van der Waals surface area (Å²) in [6.07, 6.45) is 4.00. The van der Waals surface area contributed by atoms with E-state index in [0.717, 1.165) is 24.0 Å². The Morgan fingerprint density at radius 3 is 2.89 bits per heavy atom. The first kappa shape index (κ1) is 23.3. The summed E-state index contributed by atoms with van der Waals surface area (Å²) in [7, 11) is 0. The normalized spacial score (nSPS) is 20.8. The van der Waals surface area contributed by atoms with Crippen LogP contribution in [-0.4, -0.2) is 50.2 Å². The van der Waals surface area contributed by atoms with E-state index in [0.29, 0.717) is 53.9 Å². The second-order valence-electron chi connectivity index (χ2n) is 9.42. The number of nitrogens with zero attached hydrogens (tertiary/aromatic N) is 4. The number of aromatic nitrogens is 4. The Morgan fingerprint density at radius 2 is 2.11 bits per heavy atom. The van der Waals surface area contributed by atoms with Gasteiger partial charge in [0.1, 0.15) is 23.6 Å². The highest BCUT2D eigenvalue weighted by Gasteiger charge is 2.43. The Morgan fingerprint density at radius 1 is 1.24 bits per heavy atom. The average molecular weight is 505 g/mol. The summed E-state index contributed by atoms with van der Waals surface area (Å²) in [6, 6.07) is 9.10. The number of alkyl halides is 1. The van der Waals surface area contributed by atoms with Gasteiger partial charge in [-0.05, 0) is 55.5 Å². The lowest BCUT2D eigenvalue weighted by atomic mass is 10.1. The largest absolute Gasteiger partial charge is 0.368 e. The number of anilines is 1. The molecule has 1 aliphatic heterocycles. The van der Waals surface area contributed by atoms with Crippen LogP contribution in [0.1, 0.15) is 52.7 Å². The van der Waals surface area contributed by atoms with Gasteiger partial charge in [-0.15, -0.1) is 0 Å². The second kappa shape index (κ2) is 9.40. The molecule has 11 heteroatoms. The Labute approximate surface area is 211 Å². The van der Waals surface area contributed by atoms with Crippen LogP contribution in [0.5, 0.6) is 0 Å². The Kier molecular flexibility index (Phi) is 5.91. The number of pyridine rings is 1. The Bertz CT molecular complexity index is 1490. The van der Waals surface area contributed by atoms with Gasteiger partial charge in [-0.1, -0.05) is 17.3 Å². The van der Waals surface area contributed by atoms with Crippen molar-refractivity contribution in [1.29, 1.82) is 0 Å². The van der Waals surface area contributed by atoms with Crippen LogP contribution in [-0.2, 0) is 16.1 Å². The van der Waals surface area contributed by atoms with Gasteiger partial charge in [0.25, 0.3) is 5.91 Å². The number of ether oxygens (including phenoxy) is 1. The van der Waals surface area contributed by atoms with E-state index in [-0.39, 0.29) is 23.8 Å². The van der Waals surface area contributed by atoms with Gasteiger partial charge in [0, 0.05) is 30.6 Å². The Balaban J connectivity index is 1.16. The predicted molar refractivity (Wildman–Crippen MR) is 131 cm³/mol. The lowest BCUT2D eigenvalue weighted by molar-refractivity contribution is -0.130. The van der Waals surface area contributed by atoms with Crippen molar-refractivity contribution in [3.63, 3.8) is 0 Å². The molecule has 37 heavy (non-hydrogen) atoms. The predicted octanol–water partition coefficient (Wildman–Crippen LogP) is 3.57. The standard InChI is InChI=1S/C26H25FN6O4/c1-14-4-5-16(23-31-26(37-32-23)17-11-18(17)27)10-19(14)30-24(34)20-13-28-22-9-15(6-7-33(20)22)12-29-25(35)21-3-2-8-36-21/h4-7,9-10,13,17-18,21H,2-3,8,11-12H2,1H3,(H,29,35)(H,30,34)/t17-,18-,21?/m0/s1. The molecule has 3 aromatic heterocycles. The van der Waals surface area contributed by atoms with Gasteiger partial charge in [0.2, 0.25) is 17.6 Å². The van der Waals surface area contributed by atoms with Crippen LogP contribution in [0.4, 0.5) is 10.1 Å². The topological polar surface area (TPSA) is 124 Å². The summed E-state index contributed by atoms with van der Waals surface area (Å²) in [4.78, 5) is 34.0. The van der Waals surface area contributed by atoms with Crippen LogP contribution in [0, 0.1) is 6.92 Å². The molecule has 1 aromatic carbocycles. The minimum Gasteiger partial charge on any atom is -0.368 e. The molecular formula is C26H25FN6O4. The maximum Gasteiger partial charge on any atom is 0.274 e. The number of rotatable bonds is 7. The number of hydrogen-bond donors (Lipinski definition) is 2. The van der Waals surface area contributed by atoms with E-state index in [1.54, 1.807) is 16.7 Å². The number of carbonyl (C=O) groups excluding carboxylic acids is 2. The molecule has 1 saturated heterocycles. The van der Waals surface area contributed by atoms with Crippen LogP contribution < -0.4 is 10.6 Å². The van der Waals surface area contributed by atoms with Crippen molar-refractivity contribution in [2.24, 2.45) is 0 Å². The molecule has 190 valence electrons. The zero-order chi connectivity index (χ0) is 25.5. The molecule has 2 aliphatic rings. The number of benzene rings is 1. The average Bonchev–Trinajstić information content (AvgIpc) is 3.38. The van der Waals surface area contributed by atoms with Crippen molar-refractivity contribution in [3.05, 3.63) is 65.4 Å². The number of fused-ring (bicyclic) bond motifs is 1. The van der Waals surface area contributed by atoms with E-state index in [9.17, 15) is 14.0 Å². The summed E-state index contributed by atoms with van der Waals surface area (Å²) < 4.78 is 25.6. The fourth-order valence-corrected chi connectivity index (χ4v) is 4.39. The van der Waals surface area contributed by atoms with E-state index in [2.05, 4.69) is 25.8 Å². The minimum atomic E-state index is -0.923. The maximum atomic E-state index is 13.3. The monoisotopic (exact) mass is 504 g/mol. The fraction of sp³-hybridized carbons (Fsp3) is 0.346. The molecule has 6 rings (SSSR count). The highest BCUT2D eigenvalue weighted by atomic mass is 19.1. The van der Waals surface area contributed by atoms with E-state index in [4.69, 9.17) is 9.26 Å². The molecule has 1 saturated carbocycles. The van der Waals surface area contributed by atoms with Crippen molar-refractivity contribution < 1.29 is 23.2 Å². The van der Waals surface area contributed by atoms with E-state index >= 15 is 0 Å². The third-order valence-electron chi connectivity index (χ3n) is 6.71. The number of aryl methyl sites for hydroxylation is 1. The molecule has 4 heterocycles. The molecule has 2 N–H and O–H groups in total. The van der Waals surface area contributed by atoms with Crippen LogP contribution >= 0.6 is 0 Å². The second-order valence-corrected chi connectivity index (χ2v) is 9.42.